The quantitative estimate of drug-likeness (QED) is 0.926. The number of nitrogens with one attached hydrogen (secondary N) is 1. The largest absolute Gasteiger partial charge is 0.493 e. The van der Waals surface area contributed by atoms with E-state index in [0.29, 0.717) is 22.2 Å². The van der Waals surface area contributed by atoms with Crippen LogP contribution in [-0.4, -0.2) is 36.6 Å². The van der Waals surface area contributed by atoms with E-state index in [0.717, 1.165) is 12.3 Å². The van der Waals surface area contributed by atoms with E-state index in [9.17, 15) is 4.79 Å². The highest BCUT2D eigenvalue weighted by Gasteiger charge is 2.15. The topological polar surface area (TPSA) is 59.9 Å². The lowest BCUT2D eigenvalue weighted by Gasteiger charge is -2.14. The molecule has 6 heteroatoms. The maximum atomic E-state index is 12.1. The molecule has 108 valence electrons. The molecule has 1 aromatic carbocycles. The number of carbonyl (C=O) groups excluding carboxylic acids is 1. The molecule has 1 heterocycles. The van der Waals surface area contributed by atoms with Crippen LogP contribution in [-0.2, 0) is 0 Å². The molecule has 0 unspecified atom stereocenters. The number of amidine groups is 1. The van der Waals surface area contributed by atoms with Crippen LogP contribution < -0.4 is 14.8 Å². The third kappa shape index (κ3) is 3.66. The molecular weight excluding hydrogens is 276 g/mol. The van der Waals surface area contributed by atoms with Crippen molar-refractivity contribution in [3.8, 4) is 11.5 Å². The molecule has 5 nitrogen and oxygen atoms in total. The van der Waals surface area contributed by atoms with Gasteiger partial charge >= 0.3 is 0 Å². The second-order valence-corrected chi connectivity index (χ2v) is 5.61. The van der Waals surface area contributed by atoms with E-state index < -0.39 is 0 Å². The van der Waals surface area contributed by atoms with E-state index >= 15 is 0 Å². The van der Waals surface area contributed by atoms with E-state index in [-0.39, 0.29) is 12.0 Å². The number of nitrogens with zero attached hydrogens (tertiary/aromatic N) is 1. The molecule has 1 amide bonds. The van der Waals surface area contributed by atoms with Crippen LogP contribution in [0.1, 0.15) is 24.2 Å². The minimum Gasteiger partial charge on any atom is -0.493 e. The van der Waals surface area contributed by atoms with Crippen LogP contribution in [0.3, 0.4) is 0 Å². The average Bonchev–Trinajstić information content (AvgIpc) is 2.91. The van der Waals surface area contributed by atoms with Gasteiger partial charge in [-0.3, -0.25) is 9.79 Å². The second kappa shape index (κ2) is 6.65. The fourth-order valence-electron chi connectivity index (χ4n) is 1.74. The number of thioether (sulfide) groups is 1. The molecule has 2 rings (SSSR count). The van der Waals surface area contributed by atoms with Crippen molar-refractivity contribution in [3.63, 3.8) is 0 Å². The number of methoxy groups -OCH3 is 1. The molecule has 1 aliphatic rings. The molecule has 0 aliphatic carbocycles. The Morgan fingerprint density at radius 2 is 2.20 bits per heavy atom. The Hall–Kier alpha value is -1.69. The molecule has 0 saturated carbocycles. The van der Waals surface area contributed by atoms with E-state index in [2.05, 4.69) is 10.3 Å². The Morgan fingerprint density at radius 1 is 1.40 bits per heavy atom. The summed E-state index contributed by atoms with van der Waals surface area (Å²) in [5.41, 5.74) is 0.521. The number of benzene rings is 1. The standard InChI is InChI=1S/C14H18N2O3S/c1-9(2)19-11-5-4-10(8-12(11)18-3)13(17)16-14-15-6-7-20-14/h4-5,8-9H,6-7H2,1-3H3,(H,15,16,17). The van der Waals surface area contributed by atoms with Gasteiger partial charge in [-0.1, -0.05) is 11.8 Å². The maximum absolute atomic E-state index is 12.1. The molecule has 1 N–H and O–H groups in total. The van der Waals surface area contributed by atoms with Crippen molar-refractivity contribution in [3.05, 3.63) is 23.8 Å². The van der Waals surface area contributed by atoms with Crippen molar-refractivity contribution >= 4 is 22.8 Å². The van der Waals surface area contributed by atoms with Gasteiger partial charge in [-0.2, -0.15) is 0 Å². The van der Waals surface area contributed by atoms with Crippen LogP contribution >= 0.6 is 11.8 Å². The lowest BCUT2D eigenvalue weighted by molar-refractivity contribution is 0.0977. The first-order valence-electron chi connectivity index (χ1n) is 6.43. The molecule has 0 spiro atoms. The fourth-order valence-corrected chi connectivity index (χ4v) is 2.46. The van der Waals surface area contributed by atoms with Gasteiger partial charge < -0.3 is 14.8 Å². The summed E-state index contributed by atoms with van der Waals surface area (Å²) in [6.45, 7) is 4.63. The number of rotatable bonds is 4. The highest BCUT2D eigenvalue weighted by Crippen LogP contribution is 2.29. The lowest BCUT2D eigenvalue weighted by Crippen LogP contribution is -2.27. The number of aliphatic imine (C=N–C) groups is 1. The van der Waals surface area contributed by atoms with Gasteiger partial charge in [-0.15, -0.1) is 0 Å². The molecule has 1 aliphatic heterocycles. The van der Waals surface area contributed by atoms with Crippen molar-refractivity contribution in [1.82, 2.24) is 5.32 Å². The minimum absolute atomic E-state index is 0.0489. The molecular formula is C14H18N2O3S. The molecule has 0 fully saturated rings. The summed E-state index contributed by atoms with van der Waals surface area (Å²) >= 11 is 1.55. The minimum atomic E-state index is -0.187. The van der Waals surface area contributed by atoms with Gasteiger partial charge in [-0.05, 0) is 32.0 Å². The Kier molecular flexibility index (Phi) is 4.89. The zero-order valence-electron chi connectivity index (χ0n) is 11.8. The fraction of sp³-hybridized carbons (Fsp3) is 0.429. The van der Waals surface area contributed by atoms with Gasteiger partial charge in [0, 0.05) is 11.3 Å². The first-order chi connectivity index (χ1) is 9.60. The lowest BCUT2D eigenvalue weighted by atomic mass is 10.2. The number of amides is 1. The summed E-state index contributed by atoms with van der Waals surface area (Å²) < 4.78 is 10.9. The van der Waals surface area contributed by atoms with Crippen LogP contribution in [0.5, 0.6) is 11.5 Å². The van der Waals surface area contributed by atoms with E-state index in [1.54, 1.807) is 37.1 Å². The van der Waals surface area contributed by atoms with Crippen molar-refractivity contribution in [1.29, 1.82) is 0 Å². The van der Waals surface area contributed by atoms with Gasteiger partial charge in [-0.25, -0.2) is 0 Å². The third-order valence-corrected chi connectivity index (χ3v) is 3.49. The molecule has 0 radical (unpaired) electrons. The van der Waals surface area contributed by atoms with Gasteiger partial charge in [0.15, 0.2) is 16.7 Å². The molecule has 0 atom stereocenters. The summed E-state index contributed by atoms with van der Waals surface area (Å²) in [4.78, 5) is 16.3. The van der Waals surface area contributed by atoms with Gasteiger partial charge in [0.05, 0.1) is 19.8 Å². The second-order valence-electron chi connectivity index (χ2n) is 4.52. The molecule has 1 aromatic rings. The number of hydrogen-bond acceptors (Lipinski definition) is 5. The first kappa shape index (κ1) is 14.7. The zero-order valence-corrected chi connectivity index (χ0v) is 12.6. The van der Waals surface area contributed by atoms with Crippen molar-refractivity contribution in [2.45, 2.75) is 20.0 Å². The number of carbonyl (C=O) groups is 1. The third-order valence-electron chi connectivity index (χ3n) is 2.59. The molecule has 0 aromatic heterocycles. The van der Waals surface area contributed by atoms with Crippen LogP contribution in [0.25, 0.3) is 0 Å². The Balaban J connectivity index is 2.13. The normalized spacial score (nSPS) is 14.1. The Bertz CT molecular complexity index is 529. The number of ether oxygens (including phenoxy) is 2. The van der Waals surface area contributed by atoms with E-state index in [4.69, 9.17) is 9.47 Å². The monoisotopic (exact) mass is 294 g/mol. The predicted octanol–water partition coefficient (Wildman–Crippen LogP) is 2.32. The maximum Gasteiger partial charge on any atom is 0.257 e. The molecule has 0 bridgehead atoms. The van der Waals surface area contributed by atoms with Crippen LogP contribution in [0.2, 0.25) is 0 Å². The average molecular weight is 294 g/mol. The summed E-state index contributed by atoms with van der Waals surface area (Å²) in [7, 11) is 1.56. The summed E-state index contributed by atoms with van der Waals surface area (Å²) in [5, 5.41) is 3.46. The first-order valence-corrected chi connectivity index (χ1v) is 7.42. The van der Waals surface area contributed by atoms with Crippen molar-refractivity contribution in [2.24, 2.45) is 4.99 Å². The van der Waals surface area contributed by atoms with Crippen LogP contribution in [0, 0.1) is 0 Å². The predicted molar refractivity (Wildman–Crippen MR) is 81.0 cm³/mol. The van der Waals surface area contributed by atoms with E-state index in [1.807, 2.05) is 13.8 Å². The summed E-state index contributed by atoms with van der Waals surface area (Å²) in [6.07, 6.45) is 0.0489. The van der Waals surface area contributed by atoms with Crippen LogP contribution in [0.15, 0.2) is 23.2 Å². The summed E-state index contributed by atoms with van der Waals surface area (Å²) in [6, 6.07) is 5.14. The van der Waals surface area contributed by atoms with Gasteiger partial charge in [0.25, 0.3) is 5.91 Å². The number of hydrogen-bond donors (Lipinski definition) is 1. The molecule has 0 saturated heterocycles. The molecule has 20 heavy (non-hydrogen) atoms. The van der Waals surface area contributed by atoms with Gasteiger partial charge in [0.2, 0.25) is 0 Å². The highest BCUT2D eigenvalue weighted by atomic mass is 32.2. The van der Waals surface area contributed by atoms with Gasteiger partial charge in [0.1, 0.15) is 0 Å². The summed E-state index contributed by atoms with van der Waals surface area (Å²) in [5.74, 6) is 1.91. The highest BCUT2D eigenvalue weighted by molar-refractivity contribution is 8.14. The van der Waals surface area contributed by atoms with Crippen molar-refractivity contribution < 1.29 is 14.3 Å². The van der Waals surface area contributed by atoms with Crippen LogP contribution in [0.4, 0.5) is 0 Å². The zero-order chi connectivity index (χ0) is 14.5. The smallest absolute Gasteiger partial charge is 0.257 e. The van der Waals surface area contributed by atoms with Crippen molar-refractivity contribution in [2.75, 3.05) is 19.4 Å². The Labute approximate surface area is 122 Å². The van der Waals surface area contributed by atoms with E-state index in [1.165, 1.54) is 0 Å². The SMILES string of the molecule is COc1cc(C(=O)NC2=NCCS2)ccc1OC(C)C. The Morgan fingerprint density at radius 3 is 2.80 bits per heavy atom.